The van der Waals surface area contributed by atoms with Crippen LogP contribution in [0.2, 0.25) is 0 Å². The zero-order valence-corrected chi connectivity index (χ0v) is 14.5. The summed E-state index contributed by atoms with van der Waals surface area (Å²) in [4.78, 5) is 17.9. The summed E-state index contributed by atoms with van der Waals surface area (Å²) in [6.07, 6.45) is 4.11. The maximum absolute atomic E-state index is 12.0. The molecule has 1 fully saturated rings. The van der Waals surface area contributed by atoms with Gasteiger partial charge in [0.15, 0.2) is 0 Å². The van der Waals surface area contributed by atoms with Gasteiger partial charge in [0.2, 0.25) is 5.91 Å². The van der Waals surface area contributed by atoms with Gasteiger partial charge in [0.05, 0.1) is 3.79 Å². The quantitative estimate of drug-likeness (QED) is 0.723. The molecule has 0 radical (unpaired) electrons. The number of piperazine rings is 1. The number of carbonyl (C=O) groups is 1. The van der Waals surface area contributed by atoms with Crippen LogP contribution < -0.4 is 0 Å². The van der Waals surface area contributed by atoms with Crippen LogP contribution in [0.3, 0.4) is 0 Å². The number of carbonyl (C=O) groups excluding carboxylic acids is 1. The van der Waals surface area contributed by atoms with Crippen LogP contribution in [0.25, 0.3) is 0 Å². The van der Waals surface area contributed by atoms with E-state index in [0.29, 0.717) is 5.91 Å². The van der Waals surface area contributed by atoms with Gasteiger partial charge in [-0.2, -0.15) is 0 Å². The van der Waals surface area contributed by atoms with Gasteiger partial charge in [-0.05, 0) is 34.5 Å². The Labute approximate surface area is 134 Å². The minimum atomic E-state index is 0.344. The van der Waals surface area contributed by atoms with Crippen LogP contribution >= 0.6 is 27.3 Å². The molecule has 5 heteroatoms. The van der Waals surface area contributed by atoms with Crippen molar-refractivity contribution in [2.24, 2.45) is 0 Å². The Morgan fingerprint density at radius 3 is 2.60 bits per heavy atom. The van der Waals surface area contributed by atoms with Crippen LogP contribution in [0, 0.1) is 0 Å². The Morgan fingerprint density at radius 2 is 2.00 bits per heavy atom. The van der Waals surface area contributed by atoms with E-state index in [1.165, 1.54) is 21.5 Å². The first-order valence-corrected chi connectivity index (χ1v) is 9.04. The van der Waals surface area contributed by atoms with E-state index in [1.807, 2.05) is 4.90 Å². The zero-order chi connectivity index (χ0) is 14.4. The Kier molecular flexibility index (Phi) is 6.52. The third kappa shape index (κ3) is 4.86. The summed E-state index contributed by atoms with van der Waals surface area (Å²) < 4.78 is 1.19. The van der Waals surface area contributed by atoms with Crippen molar-refractivity contribution in [3.05, 3.63) is 20.8 Å². The highest BCUT2D eigenvalue weighted by Gasteiger charge is 2.20. The van der Waals surface area contributed by atoms with E-state index in [2.05, 4.69) is 39.9 Å². The second kappa shape index (κ2) is 8.15. The minimum absolute atomic E-state index is 0.344. The van der Waals surface area contributed by atoms with Gasteiger partial charge in [-0.1, -0.05) is 19.8 Å². The van der Waals surface area contributed by atoms with Crippen LogP contribution in [0.15, 0.2) is 15.9 Å². The van der Waals surface area contributed by atoms with Crippen molar-refractivity contribution < 1.29 is 4.79 Å². The first kappa shape index (κ1) is 16.0. The van der Waals surface area contributed by atoms with Crippen molar-refractivity contribution in [1.29, 1.82) is 0 Å². The number of rotatable bonds is 6. The van der Waals surface area contributed by atoms with Crippen molar-refractivity contribution in [2.75, 3.05) is 26.2 Å². The molecule has 1 aromatic heterocycles. The summed E-state index contributed by atoms with van der Waals surface area (Å²) in [5.41, 5.74) is 0. The SMILES string of the molecule is CCCCCC(=O)N1CCN(Cc2ccc(Br)s2)CC1. The molecular weight excluding hydrogens is 336 g/mol. The maximum Gasteiger partial charge on any atom is 0.222 e. The topological polar surface area (TPSA) is 23.6 Å². The van der Waals surface area contributed by atoms with Crippen molar-refractivity contribution in [1.82, 2.24) is 9.80 Å². The molecule has 3 nitrogen and oxygen atoms in total. The van der Waals surface area contributed by atoms with Gasteiger partial charge in [0.25, 0.3) is 0 Å². The summed E-state index contributed by atoms with van der Waals surface area (Å²) in [6.45, 7) is 6.94. The lowest BCUT2D eigenvalue weighted by Gasteiger charge is -2.34. The highest BCUT2D eigenvalue weighted by Crippen LogP contribution is 2.23. The van der Waals surface area contributed by atoms with E-state index in [0.717, 1.165) is 45.6 Å². The number of amides is 1. The summed E-state index contributed by atoms with van der Waals surface area (Å²) in [6, 6.07) is 4.28. The number of halogens is 1. The fourth-order valence-corrected chi connectivity index (χ4v) is 4.02. The molecule has 0 spiro atoms. The highest BCUT2D eigenvalue weighted by molar-refractivity contribution is 9.11. The average molecular weight is 359 g/mol. The van der Waals surface area contributed by atoms with Crippen LogP contribution in [-0.2, 0) is 11.3 Å². The lowest BCUT2D eigenvalue weighted by atomic mass is 10.2. The number of hydrogen-bond donors (Lipinski definition) is 0. The molecule has 1 aliphatic heterocycles. The molecular formula is C15H23BrN2OS. The Balaban J connectivity index is 1.70. The second-order valence-electron chi connectivity index (χ2n) is 5.32. The molecule has 0 unspecified atom stereocenters. The fraction of sp³-hybridized carbons (Fsp3) is 0.667. The van der Waals surface area contributed by atoms with Crippen LogP contribution in [0.1, 0.15) is 37.5 Å². The molecule has 2 rings (SSSR count). The zero-order valence-electron chi connectivity index (χ0n) is 12.1. The van der Waals surface area contributed by atoms with Gasteiger partial charge >= 0.3 is 0 Å². The molecule has 1 saturated heterocycles. The summed E-state index contributed by atoms with van der Waals surface area (Å²) in [5.74, 6) is 0.344. The minimum Gasteiger partial charge on any atom is -0.340 e. The van der Waals surface area contributed by atoms with Crippen LogP contribution in [-0.4, -0.2) is 41.9 Å². The Morgan fingerprint density at radius 1 is 1.25 bits per heavy atom. The van der Waals surface area contributed by atoms with E-state index in [-0.39, 0.29) is 0 Å². The molecule has 0 aromatic carbocycles. The Bertz CT molecular complexity index is 427. The van der Waals surface area contributed by atoms with Crippen molar-refractivity contribution in [3.63, 3.8) is 0 Å². The number of hydrogen-bond acceptors (Lipinski definition) is 3. The van der Waals surface area contributed by atoms with Crippen molar-refractivity contribution in [3.8, 4) is 0 Å². The monoisotopic (exact) mass is 358 g/mol. The lowest BCUT2D eigenvalue weighted by Crippen LogP contribution is -2.48. The number of unbranched alkanes of at least 4 members (excludes halogenated alkanes) is 2. The highest BCUT2D eigenvalue weighted by atomic mass is 79.9. The molecule has 112 valence electrons. The van der Waals surface area contributed by atoms with Crippen LogP contribution in [0.5, 0.6) is 0 Å². The predicted molar refractivity (Wildman–Crippen MR) is 88.0 cm³/mol. The molecule has 1 amide bonds. The van der Waals surface area contributed by atoms with Gasteiger partial charge < -0.3 is 4.90 Å². The summed E-state index contributed by atoms with van der Waals surface area (Å²) in [7, 11) is 0. The first-order valence-electron chi connectivity index (χ1n) is 7.43. The van der Waals surface area contributed by atoms with Gasteiger partial charge in [0, 0.05) is 44.0 Å². The molecule has 0 saturated carbocycles. The third-order valence-corrected chi connectivity index (χ3v) is 5.34. The number of thiophene rings is 1. The molecule has 0 N–H and O–H groups in total. The molecule has 1 aliphatic rings. The average Bonchev–Trinajstić information content (AvgIpc) is 2.85. The van der Waals surface area contributed by atoms with E-state index in [9.17, 15) is 4.79 Å². The normalized spacial score (nSPS) is 16.6. The maximum atomic E-state index is 12.0. The largest absolute Gasteiger partial charge is 0.340 e. The molecule has 20 heavy (non-hydrogen) atoms. The third-order valence-electron chi connectivity index (χ3n) is 3.73. The van der Waals surface area contributed by atoms with E-state index < -0.39 is 0 Å². The van der Waals surface area contributed by atoms with E-state index >= 15 is 0 Å². The van der Waals surface area contributed by atoms with E-state index in [1.54, 1.807) is 11.3 Å². The smallest absolute Gasteiger partial charge is 0.222 e. The molecule has 2 heterocycles. The van der Waals surface area contributed by atoms with Gasteiger partial charge in [0.1, 0.15) is 0 Å². The molecule has 0 atom stereocenters. The number of nitrogens with zero attached hydrogens (tertiary/aromatic N) is 2. The van der Waals surface area contributed by atoms with Crippen molar-refractivity contribution >= 4 is 33.2 Å². The first-order chi connectivity index (χ1) is 9.69. The summed E-state index contributed by atoms with van der Waals surface area (Å²) >= 11 is 5.30. The van der Waals surface area contributed by atoms with E-state index in [4.69, 9.17) is 0 Å². The predicted octanol–water partition coefficient (Wildman–Crippen LogP) is 3.74. The molecule has 0 bridgehead atoms. The van der Waals surface area contributed by atoms with Crippen LogP contribution in [0.4, 0.5) is 0 Å². The van der Waals surface area contributed by atoms with Gasteiger partial charge in [-0.3, -0.25) is 9.69 Å². The lowest BCUT2D eigenvalue weighted by molar-refractivity contribution is -0.133. The molecule has 1 aromatic rings. The Hall–Kier alpha value is -0.390. The van der Waals surface area contributed by atoms with Gasteiger partial charge in [-0.25, -0.2) is 0 Å². The van der Waals surface area contributed by atoms with Gasteiger partial charge in [-0.15, -0.1) is 11.3 Å². The van der Waals surface area contributed by atoms with Crippen molar-refractivity contribution in [2.45, 2.75) is 39.2 Å². The summed E-state index contributed by atoms with van der Waals surface area (Å²) in [5, 5.41) is 0. The fourth-order valence-electron chi connectivity index (χ4n) is 2.50. The molecule has 0 aliphatic carbocycles. The standard InChI is InChI=1S/C15H23BrN2OS/c1-2-3-4-5-15(19)18-10-8-17(9-11-18)12-13-6-7-14(16)20-13/h6-7H,2-5,8-12H2,1H3. The second-order valence-corrected chi connectivity index (χ2v) is 7.87.